The number of hydrogen-bond acceptors (Lipinski definition) is 4. The topological polar surface area (TPSA) is 95.9 Å². The zero-order chi connectivity index (χ0) is 23.4. The molecule has 2 aliphatic rings. The van der Waals surface area contributed by atoms with Crippen molar-refractivity contribution in [1.29, 1.82) is 0 Å². The number of carbonyl (C=O) groups excluding carboxylic acids is 2. The summed E-state index contributed by atoms with van der Waals surface area (Å²) >= 11 is 0. The molecule has 2 unspecified atom stereocenters. The second-order valence-corrected chi connectivity index (χ2v) is 9.02. The Morgan fingerprint density at radius 3 is 2.30 bits per heavy atom. The standard InChI is InChI=1S/C26H30N2O5/c1-28(15-24(29)30)25(31)18-8-6-7-17(13-18)14-27-26(32)33-16-23-21-11-4-2-9-19(21)20-10-3-5-12-22(20)23/h2-5,9-12,17-18,23H,6-8,13-16H2,1H3,(H,27,32)(H,29,30). The lowest BCUT2D eigenvalue weighted by molar-refractivity contribution is -0.145. The molecule has 0 saturated heterocycles. The molecule has 4 rings (SSSR count). The third kappa shape index (κ3) is 5.18. The average molecular weight is 451 g/mol. The van der Waals surface area contributed by atoms with E-state index < -0.39 is 12.1 Å². The van der Waals surface area contributed by atoms with Crippen LogP contribution in [0, 0.1) is 11.8 Å². The Morgan fingerprint density at radius 1 is 1.03 bits per heavy atom. The van der Waals surface area contributed by atoms with Crippen molar-refractivity contribution >= 4 is 18.0 Å². The van der Waals surface area contributed by atoms with Crippen molar-refractivity contribution in [3.63, 3.8) is 0 Å². The third-order valence-corrected chi connectivity index (χ3v) is 6.76. The van der Waals surface area contributed by atoms with E-state index in [9.17, 15) is 14.4 Å². The SMILES string of the molecule is CN(CC(=O)O)C(=O)C1CCCC(CNC(=O)OCC2c3ccccc3-c3ccccc32)C1. The molecular formula is C26H30N2O5. The maximum Gasteiger partial charge on any atom is 0.407 e. The normalized spacial score (nSPS) is 19.3. The van der Waals surface area contributed by atoms with Gasteiger partial charge >= 0.3 is 12.1 Å². The molecule has 7 nitrogen and oxygen atoms in total. The van der Waals surface area contributed by atoms with Crippen molar-refractivity contribution in [3.05, 3.63) is 59.7 Å². The molecule has 174 valence electrons. The first-order chi connectivity index (χ1) is 15.9. The summed E-state index contributed by atoms with van der Waals surface area (Å²) in [5, 5.41) is 11.8. The number of carboxylic acids is 1. The van der Waals surface area contributed by atoms with Crippen LogP contribution in [0.2, 0.25) is 0 Å². The van der Waals surface area contributed by atoms with Crippen molar-refractivity contribution in [2.45, 2.75) is 31.6 Å². The second-order valence-electron chi connectivity index (χ2n) is 9.02. The van der Waals surface area contributed by atoms with Gasteiger partial charge in [-0.25, -0.2) is 4.79 Å². The summed E-state index contributed by atoms with van der Waals surface area (Å²) in [5.74, 6) is -1.16. The van der Waals surface area contributed by atoms with Gasteiger partial charge in [0.25, 0.3) is 0 Å². The van der Waals surface area contributed by atoms with Crippen LogP contribution in [0.5, 0.6) is 0 Å². The number of fused-ring (bicyclic) bond motifs is 3. The number of rotatable bonds is 7. The summed E-state index contributed by atoms with van der Waals surface area (Å²) in [6.45, 7) is 0.423. The van der Waals surface area contributed by atoms with Gasteiger partial charge in [0.15, 0.2) is 0 Å². The molecule has 0 bridgehead atoms. The van der Waals surface area contributed by atoms with Gasteiger partial charge in [0.2, 0.25) is 5.91 Å². The van der Waals surface area contributed by atoms with Crippen LogP contribution >= 0.6 is 0 Å². The summed E-state index contributed by atoms with van der Waals surface area (Å²) in [5.41, 5.74) is 4.72. The molecule has 33 heavy (non-hydrogen) atoms. The summed E-state index contributed by atoms with van der Waals surface area (Å²) in [6.07, 6.45) is 2.76. The summed E-state index contributed by atoms with van der Waals surface area (Å²) < 4.78 is 5.60. The molecule has 0 heterocycles. The molecule has 0 aromatic heterocycles. The van der Waals surface area contributed by atoms with Crippen molar-refractivity contribution in [3.8, 4) is 11.1 Å². The molecule has 2 amide bonds. The monoisotopic (exact) mass is 450 g/mol. The lowest BCUT2D eigenvalue weighted by atomic mass is 9.80. The molecular weight excluding hydrogens is 420 g/mol. The van der Waals surface area contributed by atoms with E-state index in [0.29, 0.717) is 13.0 Å². The predicted octanol–water partition coefficient (Wildman–Crippen LogP) is 3.87. The molecule has 0 aliphatic heterocycles. The number of alkyl carbamates (subject to hydrolysis) is 1. The quantitative estimate of drug-likeness (QED) is 0.668. The number of nitrogens with one attached hydrogen (secondary N) is 1. The minimum absolute atomic E-state index is 0.0182. The Hall–Kier alpha value is -3.35. The summed E-state index contributed by atoms with van der Waals surface area (Å²) in [6, 6.07) is 16.4. The first-order valence-corrected chi connectivity index (χ1v) is 11.5. The average Bonchev–Trinajstić information content (AvgIpc) is 3.14. The summed E-state index contributed by atoms with van der Waals surface area (Å²) in [4.78, 5) is 37.1. The van der Waals surface area contributed by atoms with Gasteiger partial charge in [0.05, 0.1) is 0 Å². The Morgan fingerprint density at radius 2 is 1.67 bits per heavy atom. The minimum atomic E-state index is -1.02. The molecule has 2 aromatic rings. The van der Waals surface area contributed by atoms with Crippen LogP contribution in [0.3, 0.4) is 0 Å². The number of hydrogen-bond donors (Lipinski definition) is 2. The van der Waals surface area contributed by atoms with Gasteiger partial charge in [-0.15, -0.1) is 0 Å². The predicted molar refractivity (Wildman–Crippen MR) is 124 cm³/mol. The zero-order valence-electron chi connectivity index (χ0n) is 18.8. The smallest absolute Gasteiger partial charge is 0.407 e. The van der Waals surface area contributed by atoms with E-state index in [2.05, 4.69) is 29.6 Å². The number of benzene rings is 2. The van der Waals surface area contributed by atoms with Gasteiger partial charge in [-0.3, -0.25) is 9.59 Å². The molecule has 2 aromatic carbocycles. The highest BCUT2D eigenvalue weighted by molar-refractivity contribution is 5.83. The van der Waals surface area contributed by atoms with E-state index >= 15 is 0 Å². The number of ether oxygens (including phenoxy) is 1. The maximum atomic E-state index is 12.5. The molecule has 1 saturated carbocycles. The molecule has 7 heteroatoms. The first kappa shape index (κ1) is 22.8. The van der Waals surface area contributed by atoms with Crippen LogP contribution in [0.15, 0.2) is 48.5 Å². The van der Waals surface area contributed by atoms with Gasteiger partial charge in [-0.2, -0.15) is 0 Å². The van der Waals surface area contributed by atoms with Gasteiger partial charge in [-0.1, -0.05) is 55.0 Å². The fourth-order valence-electron chi connectivity index (χ4n) is 5.17. The largest absolute Gasteiger partial charge is 0.480 e. The number of aliphatic carboxylic acids is 1. The van der Waals surface area contributed by atoms with E-state index in [-0.39, 0.29) is 36.8 Å². The van der Waals surface area contributed by atoms with E-state index in [1.807, 2.05) is 24.3 Å². The van der Waals surface area contributed by atoms with Crippen LogP contribution in [0.4, 0.5) is 4.79 Å². The van der Waals surface area contributed by atoms with Crippen LogP contribution in [-0.2, 0) is 14.3 Å². The van der Waals surface area contributed by atoms with Crippen molar-refractivity contribution in [2.24, 2.45) is 11.8 Å². The maximum absolute atomic E-state index is 12.5. The third-order valence-electron chi connectivity index (χ3n) is 6.76. The zero-order valence-corrected chi connectivity index (χ0v) is 18.8. The Bertz CT molecular complexity index is 991. The number of nitrogens with zero attached hydrogens (tertiary/aromatic N) is 1. The molecule has 1 fully saturated rings. The Labute approximate surface area is 193 Å². The molecule has 2 atom stereocenters. The lowest BCUT2D eigenvalue weighted by Gasteiger charge is -2.30. The second kappa shape index (κ2) is 10.1. The van der Waals surface area contributed by atoms with Gasteiger partial charge in [0, 0.05) is 25.4 Å². The van der Waals surface area contributed by atoms with E-state index in [4.69, 9.17) is 9.84 Å². The van der Waals surface area contributed by atoms with Crippen LogP contribution < -0.4 is 5.32 Å². The van der Waals surface area contributed by atoms with E-state index in [1.165, 1.54) is 34.2 Å². The Kier molecular flexibility index (Phi) is 6.96. The van der Waals surface area contributed by atoms with Crippen LogP contribution in [0.25, 0.3) is 11.1 Å². The van der Waals surface area contributed by atoms with Crippen LogP contribution in [-0.4, -0.2) is 54.7 Å². The highest BCUT2D eigenvalue weighted by Gasteiger charge is 2.31. The number of amides is 2. The minimum Gasteiger partial charge on any atom is -0.480 e. The molecule has 0 spiro atoms. The van der Waals surface area contributed by atoms with E-state index in [0.717, 1.165) is 19.3 Å². The van der Waals surface area contributed by atoms with Gasteiger partial charge in [-0.05, 0) is 47.4 Å². The van der Waals surface area contributed by atoms with Crippen molar-refractivity contribution < 1.29 is 24.2 Å². The Balaban J connectivity index is 1.28. The first-order valence-electron chi connectivity index (χ1n) is 11.5. The van der Waals surface area contributed by atoms with Gasteiger partial charge in [0.1, 0.15) is 13.2 Å². The van der Waals surface area contributed by atoms with Crippen molar-refractivity contribution in [1.82, 2.24) is 10.2 Å². The van der Waals surface area contributed by atoms with Gasteiger partial charge < -0.3 is 20.1 Å². The lowest BCUT2D eigenvalue weighted by Crippen LogP contribution is -2.40. The highest BCUT2D eigenvalue weighted by atomic mass is 16.5. The molecule has 2 N–H and O–H groups in total. The van der Waals surface area contributed by atoms with E-state index in [1.54, 1.807) is 0 Å². The number of carboxylic acid groups (broad SMARTS) is 1. The van der Waals surface area contributed by atoms with Crippen LogP contribution in [0.1, 0.15) is 42.7 Å². The number of likely N-dealkylation sites (N-methyl/N-ethyl adjacent to an activating group) is 1. The summed E-state index contributed by atoms with van der Waals surface area (Å²) in [7, 11) is 1.52. The fourth-order valence-corrected chi connectivity index (χ4v) is 5.17. The molecule has 0 radical (unpaired) electrons. The number of carbonyl (C=O) groups is 3. The van der Waals surface area contributed by atoms with Crippen molar-refractivity contribution in [2.75, 3.05) is 26.7 Å². The fraction of sp³-hybridized carbons (Fsp3) is 0.423. The molecule has 2 aliphatic carbocycles. The highest BCUT2D eigenvalue weighted by Crippen LogP contribution is 2.44.